The van der Waals surface area contributed by atoms with Crippen LogP contribution in [0.25, 0.3) is 10.1 Å². The molecule has 1 atom stereocenters. The number of aliphatic carboxylic acids is 1. The third kappa shape index (κ3) is 2.68. The smallest absolute Gasteiger partial charge is 0.306 e. The first-order valence-electron chi connectivity index (χ1n) is 5.57. The van der Waals surface area contributed by atoms with Crippen molar-refractivity contribution in [2.75, 3.05) is 5.32 Å². The lowest BCUT2D eigenvalue weighted by Gasteiger charge is -2.06. The number of benzene rings is 1. The molecule has 0 saturated carbocycles. The average molecular weight is 263 g/mol. The highest BCUT2D eigenvalue weighted by molar-refractivity contribution is 7.17. The van der Waals surface area contributed by atoms with Crippen LogP contribution >= 0.6 is 11.3 Å². The number of fused-ring (bicyclic) bond motifs is 1. The zero-order valence-electron chi connectivity index (χ0n) is 9.84. The minimum absolute atomic E-state index is 0.0144. The second-order valence-electron chi connectivity index (χ2n) is 4.14. The molecule has 0 saturated heterocycles. The summed E-state index contributed by atoms with van der Waals surface area (Å²) in [5.74, 6) is -1.90. The molecule has 0 fully saturated rings. The van der Waals surface area contributed by atoms with E-state index in [9.17, 15) is 9.59 Å². The molecule has 0 aliphatic rings. The van der Waals surface area contributed by atoms with E-state index < -0.39 is 11.9 Å². The number of carbonyl (C=O) groups is 2. The fourth-order valence-electron chi connectivity index (χ4n) is 1.64. The first kappa shape index (κ1) is 12.6. The molecule has 0 aliphatic heterocycles. The lowest BCUT2D eigenvalue weighted by Crippen LogP contribution is -2.19. The van der Waals surface area contributed by atoms with Gasteiger partial charge in [0.05, 0.1) is 11.6 Å². The van der Waals surface area contributed by atoms with Crippen LogP contribution in [0, 0.1) is 5.92 Å². The van der Waals surface area contributed by atoms with Gasteiger partial charge in [-0.2, -0.15) is 0 Å². The number of carboxylic acids is 1. The number of carbonyl (C=O) groups excluding carboxylic acids is 1. The maximum atomic E-state index is 11.7. The van der Waals surface area contributed by atoms with Crippen LogP contribution in [0.4, 0.5) is 5.69 Å². The second-order valence-corrected chi connectivity index (χ2v) is 5.05. The number of amides is 1. The maximum Gasteiger partial charge on any atom is 0.306 e. The van der Waals surface area contributed by atoms with E-state index in [0.717, 1.165) is 15.8 Å². The number of rotatable bonds is 4. The average Bonchev–Trinajstić information content (AvgIpc) is 2.72. The molecule has 18 heavy (non-hydrogen) atoms. The molecular formula is C13H13NO3S. The van der Waals surface area contributed by atoms with Gasteiger partial charge < -0.3 is 10.4 Å². The SMILES string of the molecule is CC(CC(=O)Nc1csc2ccccc12)C(=O)O. The van der Waals surface area contributed by atoms with Crippen LogP contribution in [0.15, 0.2) is 29.6 Å². The highest BCUT2D eigenvalue weighted by Gasteiger charge is 2.16. The quantitative estimate of drug-likeness (QED) is 0.891. The van der Waals surface area contributed by atoms with Gasteiger partial charge in [-0.3, -0.25) is 9.59 Å². The first-order chi connectivity index (χ1) is 8.58. The molecule has 1 aromatic carbocycles. The molecular weight excluding hydrogens is 250 g/mol. The summed E-state index contributed by atoms with van der Waals surface area (Å²) in [6, 6.07) is 7.76. The van der Waals surface area contributed by atoms with Crippen LogP contribution in [-0.4, -0.2) is 17.0 Å². The predicted octanol–water partition coefficient (Wildman–Crippen LogP) is 2.95. The Hall–Kier alpha value is -1.88. The van der Waals surface area contributed by atoms with Crippen molar-refractivity contribution in [2.45, 2.75) is 13.3 Å². The van der Waals surface area contributed by atoms with Crippen LogP contribution in [-0.2, 0) is 9.59 Å². The van der Waals surface area contributed by atoms with Gasteiger partial charge in [-0.15, -0.1) is 11.3 Å². The van der Waals surface area contributed by atoms with Gasteiger partial charge in [0.25, 0.3) is 0 Å². The maximum absolute atomic E-state index is 11.7. The summed E-state index contributed by atoms with van der Waals surface area (Å²) in [6.07, 6.45) is -0.0144. The van der Waals surface area contributed by atoms with Crippen molar-refractivity contribution in [3.05, 3.63) is 29.6 Å². The lowest BCUT2D eigenvalue weighted by molar-refractivity contribution is -0.142. The third-order valence-corrected chi connectivity index (χ3v) is 3.63. The molecule has 1 heterocycles. The van der Waals surface area contributed by atoms with E-state index in [2.05, 4.69) is 5.32 Å². The summed E-state index contributed by atoms with van der Waals surface area (Å²) >= 11 is 1.55. The molecule has 0 aliphatic carbocycles. The van der Waals surface area contributed by atoms with E-state index in [-0.39, 0.29) is 12.3 Å². The Morgan fingerprint density at radius 3 is 2.83 bits per heavy atom. The standard InChI is InChI=1S/C13H13NO3S/c1-8(13(16)17)6-12(15)14-10-7-18-11-5-3-2-4-9(10)11/h2-5,7-8H,6H2,1H3,(H,14,15)(H,16,17). The molecule has 94 valence electrons. The molecule has 2 rings (SSSR count). The topological polar surface area (TPSA) is 66.4 Å². The van der Waals surface area contributed by atoms with Gasteiger partial charge >= 0.3 is 5.97 Å². The molecule has 0 spiro atoms. The largest absolute Gasteiger partial charge is 0.481 e. The van der Waals surface area contributed by atoms with Crippen LogP contribution in [0.1, 0.15) is 13.3 Å². The van der Waals surface area contributed by atoms with Crippen molar-refractivity contribution in [3.8, 4) is 0 Å². The fraction of sp³-hybridized carbons (Fsp3) is 0.231. The zero-order valence-corrected chi connectivity index (χ0v) is 10.7. The first-order valence-corrected chi connectivity index (χ1v) is 6.45. The number of nitrogens with one attached hydrogen (secondary N) is 1. The van der Waals surface area contributed by atoms with Crippen molar-refractivity contribution in [1.29, 1.82) is 0 Å². The van der Waals surface area contributed by atoms with Gasteiger partial charge in [0, 0.05) is 21.9 Å². The van der Waals surface area contributed by atoms with Crippen LogP contribution in [0.5, 0.6) is 0 Å². The molecule has 2 aromatic rings. The molecule has 1 aromatic heterocycles. The van der Waals surface area contributed by atoms with Crippen LogP contribution in [0.2, 0.25) is 0 Å². The molecule has 5 heteroatoms. The fourth-order valence-corrected chi connectivity index (χ4v) is 2.53. The predicted molar refractivity (Wildman–Crippen MR) is 71.9 cm³/mol. The third-order valence-electron chi connectivity index (χ3n) is 2.67. The van der Waals surface area contributed by atoms with Gasteiger partial charge in [0.1, 0.15) is 0 Å². The number of hydrogen-bond acceptors (Lipinski definition) is 3. The van der Waals surface area contributed by atoms with Crippen molar-refractivity contribution < 1.29 is 14.7 Å². The number of thiophene rings is 1. The Balaban J connectivity index is 2.10. The summed E-state index contributed by atoms with van der Waals surface area (Å²) in [5, 5.41) is 14.4. The highest BCUT2D eigenvalue weighted by atomic mass is 32.1. The van der Waals surface area contributed by atoms with Crippen LogP contribution in [0.3, 0.4) is 0 Å². The molecule has 1 amide bonds. The number of hydrogen-bond donors (Lipinski definition) is 2. The van der Waals surface area contributed by atoms with E-state index in [4.69, 9.17) is 5.11 Å². The summed E-state index contributed by atoms with van der Waals surface area (Å²) in [5.41, 5.74) is 0.748. The monoisotopic (exact) mass is 263 g/mol. The molecule has 0 bridgehead atoms. The molecule has 4 nitrogen and oxygen atoms in total. The second kappa shape index (κ2) is 5.18. The molecule has 0 radical (unpaired) electrons. The number of carboxylic acid groups (broad SMARTS) is 1. The van der Waals surface area contributed by atoms with Gasteiger partial charge in [-0.1, -0.05) is 25.1 Å². The molecule has 2 N–H and O–H groups in total. The van der Waals surface area contributed by atoms with E-state index in [0.29, 0.717) is 0 Å². The molecule has 1 unspecified atom stereocenters. The number of anilines is 1. The Bertz CT molecular complexity index is 591. The van der Waals surface area contributed by atoms with E-state index in [1.165, 1.54) is 6.92 Å². The van der Waals surface area contributed by atoms with E-state index in [1.54, 1.807) is 11.3 Å². The van der Waals surface area contributed by atoms with E-state index >= 15 is 0 Å². The lowest BCUT2D eigenvalue weighted by atomic mass is 10.1. The summed E-state index contributed by atoms with van der Waals surface area (Å²) < 4.78 is 1.10. The Kier molecular flexibility index (Phi) is 3.62. The van der Waals surface area contributed by atoms with Gasteiger partial charge in [0.15, 0.2) is 0 Å². The van der Waals surface area contributed by atoms with Gasteiger partial charge in [-0.05, 0) is 6.07 Å². The Labute approximate surface area is 108 Å². The van der Waals surface area contributed by atoms with Crippen molar-refractivity contribution >= 4 is 39.0 Å². The van der Waals surface area contributed by atoms with Crippen molar-refractivity contribution in [3.63, 3.8) is 0 Å². The Morgan fingerprint density at radius 2 is 2.11 bits per heavy atom. The highest BCUT2D eigenvalue weighted by Crippen LogP contribution is 2.29. The van der Waals surface area contributed by atoms with Gasteiger partial charge in [0.2, 0.25) is 5.91 Å². The minimum atomic E-state index is -0.958. The minimum Gasteiger partial charge on any atom is -0.481 e. The van der Waals surface area contributed by atoms with Crippen LogP contribution < -0.4 is 5.32 Å². The van der Waals surface area contributed by atoms with Crippen molar-refractivity contribution in [2.24, 2.45) is 5.92 Å². The van der Waals surface area contributed by atoms with Gasteiger partial charge in [-0.25, -0.2) is 0 Å². The van der Waals surface area contributed by atoms with Crippen molar-refractivity contribution in [1.82, 2.24) is 0 Å². The zero-order chi connectivity index (χ0) is 13.1. The summed E-state index contributed by atoms with van der Waals surface area (Å²) in [7, 11) is 0. The summed E-state index contributed by atoms with van der Waals surface area (Å²) in [4.78, 5) is 22.4. The summed E-state index contributed by atoms with van der Waals surface area (Å²) in [6.45, 7) is 1.52. The normalized spacial score (nSPS) is 12.3. The Morgan fingerprint density at radius 1 is 1.39 bits per heavy atom. The van der Waals surface area contributed by atoms with E-state index in [1.807, 2.05) is 29.6 Å².